The molecule has 3 aromatic rings. The maximum atomic E-state index is 12.9. The zero-order chi connectivity index (χ0) is 16.4. The highest BCUT2D eigenvalue weighted by Gasteiger charge is 2.12. The summed E-state index contributed by atoms with van der Waals surface area (Å²) in [4.78, 5) is 17.4. The van der Waals surface area contributed by atoms with Crippen LogP contribution in [-0.4, -0.2) is 15.7 Å². The van der Waals surface area contributed by atoms with Gasteiger partial charge < -0.3 is 10.5 Å². The van der Waals surface area contributed by atoms with Crippen molar-refractivity contribution >= 4 is 10.9 Å². The molecule has 0 saturated heterocycles. The van der Waals surface area contributed by atoms with E-state index in [4.69, 9.17) is 10.5 Å². The highest BCUT2D eigenvalue weighted by atomic mass is 16.5. The lowest BCUT2D eigenvalue weighted by Gasteiger charge is -2.15. The van der Waals surface area contributed by atoms with Crippen molar-refractivity contribution in [2.24, 2.45) is 5.73 Å². The van der Waals surface area contributed by atoms with E-state index in [1.807, 2.05) is 56.3 Å². The second-order valence-corrected chi connectivity index (χ2v) is 5.55. The molecule has 0 radical (unpaired) electrons. The van der Waals surface area contributed by atoms with Crippen molar-refractivity contribution in [2.45, 2.75) is 26.5 Å². The average Bonchev–Trinajstić information content (AvgIpc) is 2.54. The number of para-hydroxylation sites is 1. The summed E-state index contributed by atoms with van der Waals surface area (Å²) in [5, 5.41) is 0.569. The van der Waals surface area contributed by atoms with Gasteiger partial charge in [0, 0.05) is 6.07 Å². The van der Waals surface area contributed by atoms with Gasteiger partial charge in [-0.15, -0.1) is 0 Å². The molecule has 0 bridgehead atoms. The summed E-state index contributed by atoms with van der Waals surface area (Å²) in [6.45, 7) is 4.10. The highest BCUT2D eigenvalue weighted by Crippen LogP contribution is 2.19. The van der Waals surface area contributed by atoms with Crippen LogP contribution in [0.25, 0.3) is 16.6 Å². The van der Waals surface area contributed by atoms with Crippen LogP contribution in [0.5, 0.6) is 5.75 Å². The molecule has 0 saturated carbocycles. The first-order valence-electron chi connectivity index (χ1n) is 7.58. The molecule has 0 aliphatic carbocycles. The van der Waals surface area contributed by atoms with Crippen LogP contribution in [0, 0.1) is 0 Å². The molecule has 0 atom stereocenters. The van der Waals surface area contributed by atoms with E-state index in [2.05, 4.69) is 4.98 Å². The Balaban J connectivity index is 2.23. The van der Waals surface area contributed by atoms with E-state index >= 15 is 0 Å². The minimum absolute atomic E-state index is 0.0608. The van der Waals surface area contributed by atoms with Gasteiger partial charge in [0.05, 0.1) is 29.2 Å². The van der Waals surface area contributed by atoms with Crippen LogP contribution in [0.4, 0.5) is 0 Å². The maximum Gasteiger partial charge on any atom is 0.266 e. The molecule has 3 rings (SSSR count). The number of fused-ring (bicyclic) bond motifs is 1. The van der Waals surface area contributed by atoms with Gasteiger partial charge in [0.1, 0.15) is 11.6 Å². The van der Waals surface area contributed by atoms with E-state index in [1.165, 1.54) is 0 Å². The first-order valence-corrected chi connectivity index (χ1v) is 7.58. The van der Waals surface area contributed by atoms with Gasteiger partial charge in [-0.05, 0) is 38.1 Å². The lowest BCUT2D eigenvalue weighted by atomic mass is 10.2. The SMILES string of the molecule is CC(C)Oc1cccc(-n2c(CN)nc3ccccc3c2=O)c1. The Labute approximate surface area is 134 Å². The van der Waals surface area contributed by atoms with E-state index < -0.39 is 0 Å². The lowest BCUT2D eigenvalue weighted by molar-refractivity contribution is 0.242. The van der Waals surface area contributed by atoms with Crippen molar-refractivity contribution in [1.82, 2.24) is 9.55 Å². The molecular formula is C18H19N3O2. The molecule has 1 heterocycles. The Morgan fingerprint density at radius 1 is 1.17 bits per heavy atom. The molecule has 0 amide bonds. The molecule has 118 valence electrons. The largest absolute Gasteiger partial charge is 0.491 e. The Kier molecular flexibility index (Phi) is 4.12. The Morgan fingerprint density at radius 2 is 1.96 bits per heavy atom. The van der Waals surface area contributed by atoms with Gasteiger partial charge in [-0.1, -0.05) is 18.2 Å². The molecule has 1 aromatic heterocycles. The molecule has 2 aromatic carbocycles. The molecule has 2 N–H and O–H groups in total. The quantitative estimate of drug-likeness (QED) is 0.804. The fourth-order valence-electron chi connectivity index (χ4n) is 2.55. The molecular weight excluding hydrogens is 290 g/mol. The first kappa shape index (κ1) is 15.2. The standard InChI is InChI=1S/C18H19N3O2/c1-12(2)23-14-7-5-6-13(10-14)21-17(11-19)20-16-9-4-3-8-15(16)18(21)22/h3-10,12H,11,19H2,1-2H3. The summed E-state index contributed by atoms with van der Waals surface area (Å²) in [5.74, 6) is 1.23. The molecule has 0 aliphatic rings. The molecule has 0 fully saturated rings. The average molecular weight is 309 g/mol. The number of nitrogens with zero attached hydrogens (tertiary/aromatic N) is 2. The van der Waals surface area contributed by atoms with Gasteiger partial charge in [-0.2, -0.15) is 0 Å². The van der Waals surface area contributed by atoms with Crippen LogP contribution < -0.4 is 16.0 Å². The van der Waals surface area contributed by atoms with Crippen LogP contribution in [0.15, 0.2) is 53.3 Å². The summed E-state index contributed by atoms with van der Waals surface area (Å²) < 4.78 is 7.26. The molecule has 0 aliphatic heterocycles. The minimum Gasteiger partial charge on any atom is -0.491 e. The zero-order valence-electron chi connectivity index (χ0n) is 13.2. The van der Waals surface area contributed by atoms with Crippen molar-refractivity contribution in [3.8, 4) is 11.4 Å². The third-order valence-electron chi connectivity index (χ3n) is 3.48. The second-order valence-electron chi connectivity index (χ2n) is 5.55. The van der Waals surface area contributed by atoms with E-state index in [0.717, 1.165) is 0 Å². The van der Waals surface area contributed by atoms with Crippen molar-refractivity contribution in [3.63, 3.8) is 0 Å². The summed E-state index contributed by atoms with van der Waals surface area (Å²) >= 11 is 0. The van der Waals surface area contributed by atoms with Crippen molar-refractivity contribution < 1.29 is 4.74 Å². The van der Waals surface area contributed by atoms with E-state index in [0.29, 0.717) is 28.2 Å². The number of benzene rings is 2. The van der Waals surface area contributed by atoms with Gasteiger partial charge in [-0.3, -0.25) is 9.36 Å². The second kappa shape index (κ2) is 6.22. The van der Waals surface area contributed by atoms with E-state index in [1.54, 1.807) is 10.6 Å². The van der Waals surface area contributed by atoms with Gasteiger partial charge >= 0.3 is 0 Å². The van der Waals surface area contributed by atoms with Crippen molar-refractivity contribution in [1.29, 1.82) is 0 Å². The van der Waals surface area contributed by atoms with Gasteiger partial charge in [0.2, 0.25) is 0 Å². The number of rotatable bonds is 4. The molecule has 0 unspecified atom stereocenters. The van der Waals surface area contributed by atoms with Crippen LogP contribution in [0.3, 0.4) is 0 Å². The predicted molar refractivity (Wildman–Crippen MR) is 91.0 cm³/mol. The number of ether oxygens (including phenoxy) is 1. The fraction of sp³-hybridized carbons (Fsp3) is 0.222. The van der Waals surface area contributed by atoms with Gasteiger partial charge in [-0.25, -0.2) is 4.98 Å². The van der Waals surface area contributed by atoms with Crippen LogP contribution in [0.1, 0.15) is 19.7 Å². The molecule has 5 heteroatoms. The lowest BCUT2D eigenvalue weighted by Crippen LogP contribution is -2.25. The summed E-state index contributed by atoms with van der Waals surface area (Å²) in [6, 6.07) is 14.7. The number of hydrogen-bond acceptors (Lipinski definition) is 4. The normalized spacial score (nSPS) is 11.1. The smallest absolute Gasteiger partial charge is 0.266 e. The monoisotopic (exact) mass is 309 g/mol. The number of aromatic nitrogens is 2. The predicted octanol–water partition coefficient (Wildman–Crippen LogP) is 2.63. The van der Waals surface area contributed by atoms with E-state index in [9.17, 15) is 4.79 Å². The summed E-state index contributed by atoms with van der Waals surface area (Å²) in [7, 11) is 0. The molecule has 0 spiro atoms. The summed E-state index contributed by atoms with van der Waals surface area (Å²) in [6.07, 6.45) is 0.0608. The number of nitrogens with two attached hydrogens (primary N) is 1. The fourth-order valence-corrected chi connectivity index (χ4v) is 2.55. The highest BCUT2D eigenvalue weighted by molar-refractivity contribution is 5.77. The third kappa shape index (κ3) is 2.96. The topological polar surface area (TPSA) is 70.1 Å². The first-order chi connectivity index (χ1) is 11.1. The Morgan fingerprint density at radius 3 is 2.70 bits per heavy atom. The number of hydrogen-bond donors (Lipinski definition) is 1. The van der Waals surface area contributed by atoms with Crippen LogP contribution in [0.2, 0.25) is 0 Å². The maximum absolute atomic E-state index is 12.9. The van der Waals surface area contributed by atoms with E-state index in [-0.39, 0.29) is 18.2 Å². The Bertz CT molecular complexity index is 900. The van der Waals surface area contributed by atoms with Gasteiger partial charge in [0.25, 0.3) is 5.56 Å². The molecule has 5 nitrogen and oxygen atoms in total. The Hall–Kier alpha value is -2.66. The zero-order valence-corrected chi connectivity index (χ0v) is 13.2. The third-order valence-corrected chi connectivity index (χ3v) is 3.48. The van der Waals surface area contributed by atoms with Crippen molar-refractivity contribution in [3.05, 3.63) is 64.7 Å². The molecule has 23 heavy (non-hydrogen) atoms. The minimum atomic E-state index is -0.127. The van der Waals surface area contributed by atoms with Gasteiger partial charge in [0.15, 0.2) is 0 Å². The van der Waals surface area contributed by atoms with Crippen LogP contribution >= 0.6 is 0 Å². The van der Waals surface area contributed by atoms with Crippen molar-refractivity contribution in [2.75, 3.05) is 0 Å². The van der Waals surface area contributed by atoms with Crippen LogP contribution in [-0.2, 0) is 6.54 Å². The summed E-state index contributed by atoms with van der Waals surface area (Å²) in [5.41, 5.74) is 7.04.